The second-order valence-corrected chi connectivity index (χ2v) is 8.09. The topological polar surface area (TPSA) is 91.6 Å². The van der Waals surface area contributed by atoms with Crippen molar-refractivity contribution in [2.24, 2.45) is 11.8 Å². The van der Waals surface area contributed by atoms with Crippen LogP contribution in [0.5, 0.6) is 0 Å². The molecule has 9 heteroatoms. The van der Waals surface area contributed by atoms with Crippen molar-refractivity contribution in [1.82, 2.24) is 19.7 Å². The first-order valence-electron chi connectivity index (χ1n) is 9.35. The first-order chi connectivity index (χ1) is 13.1. The summed E-state index contributed by atoms with van der Waals surface area (Å²) in [5.74, 6) is -0.835. The lowest BCUT2D eigenvalue weighted by Crippen LogP contribution is -2.46. The molecule has 1 N–H and O–H groups in total. The van der Waals surface area contributed by atoms with Crippen LogP contribution in [0.4, 0.5) is 5.13 Å². The minimum Gasteiger partial charge on any atom is -0.481 e. The summed E-state index contributed by atoms with van der Waals surface area (Å²) in [6.45, 7) is 2.71. The normalized spacial score (nSPS) is 19.4. The summed E-state index contributed by atoms with van der Waals surface area (Å²) < 4.78 is 1.94. The van der Waals surface area contributed by atoms with Gasteiger partial charge in [0, 0.05) is 44.5 Å². The molecule has 0 aliphatic carbocycles. The van der Waals surface area contributed by atoms with Gasteiger partial charge in [0.2, 0.25) is 16.2 Å². The van der Waals surface area contributed by atoms with Gasteiger partial charge >= 0.3 is 5.97 Å². The van der Waals surface area contributed by atoms with Crippen molar-refractivity contribution in [2.75, 3.05) is 31.1 Å². The maximum atomic E-state index is 12.8. The Labute approximate surface area is 161 Å². The zero-order chi connectivity index (χ0) is 18.8. The molecule has 4 heterocycles. The van der Waals surface area contributed by atoms with Crippen LogP contribution in [0.1, 0.15) is 25.7 Å². The average Bonchev–Trinajstić information content (AvgIpc) is 3.39. The van der Waals surface area contributed by atoms with Gasteiger partial charge in [-0.15, -0.1) is 10.2 Å². The first kappa shape index (κ1) is 18.0. The van der Waals surface area contributed by atoms with Crippen molar-refractivity contribution in [3.63, 3.8) is 0 Å². The van der Waals surface area contributed by atoms with Crippen molar-refractivity contribution < 1.29 is 14.7 Å². The van der Waals surface area contributed by atoms with E-state index in [1.807, 2.05) is 34.0 Å². The van der Waals surface area contributed by atoms with Crippen LogP contribution < -0.4 is 4.90 Å². The molecule has 27 heavy (non-hydrogen) atoms. The molecule has 2 aliphatic heterocycles. The lowest BCUT2D eigenvalue weighted by Gasteiger charge is -2.36. The Kier molecular flexibility index (Phi) is 5.11. The quantitative estimate of drug-likeness (QED) is 0.858. The molecule has 0 saturated carbocycles. The summed E-state index contributed by atoms with van der Waals surface area (Å²) in [6, 6.07) is 3.91. The van der Waals surface area contributed by atoms with Crippen LogP contribution in [0.2, 0.25) is 0 Å². The molecule has 2 fully saturated rings. The van der Waals surface area contributed by atoms with Crippen molar-refractivity contribution >= 4 is 28.3 Å². The number of rotatable bonds is 4. The number of carboxylic acid groups (broad SMARTS) is 1. The Balaban J connectivity index is 1.30. The van der Waals surface area contributed by atoms with E-state index in [4.69, 9.17) is 5.11 Å². The van der Waals surface area contributed by atoms with Crippen LogP contribution in [0.3, 0.4) is 0 Å². The van der Waals surface area contributed by atoms with Crippen LogP contribution in [-0.2, 0) is 9.59 Å². The smallest absolute Gasteiger partial charge is 0.306 e. The summed E-state index contributed by atoms with van der Waals surface area (Å²) in [4.78, 5) is 27.9. The lowest BCUT2D eigenvalue weighted by molar-refractivity contribution is -0.147. The molecular weight excluding hydrogens is 366 g/mol. The molecule has 0 unspecified atom stereocenters. The number of anilines is 1. The predicted molar refractivity (Wildman–Crippen MR) is 101 cm³/mol. The van der Waals surface area contributed by atoms with E-state index in [0.717, 1.165) is 36.2 Å². The van der Waals surface area contributed by atoms with Gasteiger partial charge in [0.05, 0.1) is 5.92 Å². The van der Waals surface area contributed by atoms with E-state index in [9.17, 15) is 9.59 Å². The van der Waals surface area contributed by atoms with Crippen molar-refractivity contribution in [2.45, 2.75) is 25.7 Å². The number of carbonyl (C=O) groups excluding carboxylic acids is 1. The number of amides is 1. The highest BCUT2D eigenvalue weighted by Gasteiger charge is 2.33. The van der Waals surface area contributed by atoms with Crippen molar-refractivity contribution in [3.05, 3.63) is 24.5 Å². The second-order valence-electron chi connectivity index (χ2n) is 7.16. The van der Waals surface area contributed by atoms with E-state index in [1.165, 1.54) is 0 Å². The third kappa shape index (κ3) is 3.83. The SMILES string of the molecule is O=C(O)C1CCN(C(=O)C2CCN(c3nnc(-n4cccc4)s3)CC2)CC1. The summed E-state index contributed by atoms with van der Waals surface area (Å²) in [7, 11) is 0. The van der Waals surface area contributed by atoms with Gasteiger partial charge in [0.25, 0.3) is 0 Å². The maximum absolute atomic E-state index is 12.8. The number of hydrogen-bond acceptors (Lipinski definition) is 6. The fourth-order valence-corrected chi connectivity index (χ4v) is 4.69. The minimum atomic E-state index is -0.744. The molecule has 2 aromatic heterocycles. The van der Waals surface area contributed by atoms with Gasteiger partial charge in [-0.1, -0.05) is 11.3 Å². The predicted octanol–water partition coefficient (Wildman–Crippen LogP) is 1.87. The van der Waals surface area contributed by atoms with Gasteiger partial charge in [-0.05, 0) is 37.8 Å². The van der Waals surface area contributed by atoms with Crippen LogP contribution in [0.15, 0.2) is 24.5 Å². The number of hydrogen-bond donors (Lipinski definition) is 1. The highest BCUT2D eigenvalue weighted by atomic mass is 32.1. The summed E-state index contributed by atoms with van der Waals surface area (Å²) in [6.07, 6.45) is 6.62. The molecule has 2 aromatic rings. The molecule has 4 rings (SSSR count). The third-order valence-electron chi connectivity index (χ3n) is 5.50. The minimum absolute atomic E-state index is 0.0273. The van der Waals surface area contributed by atoms with E-state index in [0.29, 0.717) is 25.9 Å². The highest BCUT2D eigenvalue weighted by Crippen LogP contribution is 2.29. The Morgan fingerprint density at radius 3 is 2.15 bits per heavy atom. The van der Waals surface area contributed by atoms with Gasteiger partial charge in [-0.3, -0.25) is 14.2 Å². The molecular formula is C18H23N5O3S. The number of carbonyl (C=O) groups is 2. The number of carboxylic acids is 1. The summed E-state index contributed by atoms with van der Waals surface area (Å²) in [5.41, 5.74) is 0. The van der Waals surface area contributed by atoms with E-state index >= 15 is 0 Å². The monoisotopic (exact) mass is 389 g/mol. The molecule has 1 amide bonds. The van der Waals surface area contributed by atoms with Crippen molar-refractivity contribution in [1.29, 1.82) is 0 Å². The van der Waals surface area contributed by atoms with E-state index < -0.39 is 5.97 Å². The summed E-state index contributed by atoms with van der Waals surface area (Å²) in [5, 5.41) is 19.4. The molecule has 2 aliphatic rings. The fraction of sp³-hybridized carbons (Fsp3) is 0.556. The Hall–Kier alpha value is -2.42. The van der Waals surface area contributed by atoms with E-state index in [1.54, 1.807) is 11.3 Å². The third-order valence-corrected chi connectivity index (χ3v) is 6.50. The van der Waals surface area contributed by atoms with E-state index in [-0.39, 0.29) is 17.7 Å². The maximum Gasteiger partial charge on any atom is 0.306 e. The highest BCUT2D eigenvalue weighted by molar-refractivity contribution is 7.17. The Morgan fingerprint density at radius 2 is 1.52 bits per heavy atom. The zero-order valence-corrected chi connectivity index (χ0v) is 15.8. The molecule has 0 atom stereocenters. The van der Waals surface area contributed by atoms with Gasteiger partial charge in [0.1, 0.15) is 0 Å². The fourth-order valence-electron chi connectivity index (χ4n) is 3.82. The number of nitrogens with zero attached hydrogens (tertiary/aromatic N) is 5. The number of piperidine rings is 2. The molecule has 2 saturated heterocycles. The molecule has 0 bridgehead atoms. The molecule has 0 aromatic carbocycles. The van der Waals surface area contributed by atoms with Crippen LogP contribution in [0, 0.1) is 11.8 Å². The molecule has 8 nitrogen and oxygen atoms in total. The first-order valence-corrected chi connectivity index (χ1v) is 10.2. The van der Waals surface area contributed by atoms with Gasteiger partial charge in [-0.25, -0.2) is 0 Å². The number of aromatic nitrogens is 3. The average molecular weight is 389 g/mol. The van der Waals surface area contributed by atoms with Crippen molar-refractivity contribution in [3.8, 4) is 5.13 Å². The van der Waals surface area contributed by atoms with Crippen LogP contribution in [0.25, 0.3) is 5.13 Å². The van der Waals surface area contributed by atoms with Crippen LogP contribution in [-0.4, -0.2) is 62.8 Å². The Bertz CT molecular complexity index is 790. The van der Waals surface area contributed by atoms with Gasteiger partial charge in [0.15, 0.2) is 0 Å². The van der Waals surface area contributed by atoms with Gasteiger partial charge < -0.3 is 14.9 Å². The second kappa shape index (κ2) is 7.67. The van der Waals surface area contributed by atoms with E-state index in [2.05, 4.69) is 15.1 Å². The van der Waals surface area contributed by atoms with Gasteiger partial charge in [-0.2, -0.15) is 0 Å². The molecule has 0 radical (unpaired) electrons. The molecule has 144 valence electrons. The molecule has 0 spiro atoms. The van der Waals surface area contributed by atoms with Crippen LogP contribution >= 0.6 is 11.3 Å². The summed E-state index contributed by atoms with van der Waals surface area (Å²) >= 11 is 1.55. The Morgan fingerprint density at radius 1 is 0.926 bits per heavy atom. The number of likely N-dealkylation sites (tertiary alicyclic amines) is 1. The lowest BCUT2D eigenvalue weighted by atomic mass is 9.92. The zero-order valence-electron chi connectivity index (χ0n) is 15.0. The standard InChI is InChI=1S/C18H23N5O3S/c24-15(21-9-5-14(6-10-21)16(25)26)13-3-11-23(12-4-13)18-20-19-17(27-18)22-7-1-2-8-22/h1-2,7-8,13-14H,3-6,9-12H2,(H,25,26). The number of aliphatic carboxylic acids is 1. The largest absolute Gasteiger partial charge is 0.481 e.